The number of ether oxygens (including phenoxy) is 1. The van der Waals surface area contributed by atoms with E-state index in [0.29, 0.717) is 10.7 Å². The van der Waals surface area contributed by atoms with E-state index in [1.54, 1.807) is 13.2 Å². The quantitative estimate of drug-likeness (QED) is 0.897. The molecule has 1 aromatic rings. The molecule has 3 nitrogen and oxygen atoms in total. The van der Waals surface area contributed by atoms with Crippen LogP contribution in [-0.2, 0) is 9.53 Å². The highest BCUT2D eigenvalue weighted by Crippen LogP contribution is 2.29. The Morgan fingerprint density at radius 3 is 2.67 bits per heavy atom. The summed E-state index contributed by atoms with van der Waals surface area (Å²) in [4.78, 5) is 11.9. The third kappa shape index (κ3) is 4.26. The molecule has 0 radical (unpaired) electrons. The molecular formula is C13H17BrClNO2. The lowest BCUT2D eigenvalue weighted by molar-refractivity contribution is -0.121. The van der Waals surface area contributed by atoms with Crippen molar-refractivity contribution in [3.05, 3.63) is 27.2 Å². The summed E-state index contributed by atoms with van der Waals surface area (Å²) in [6, 6.07) is 3.61. The minimum absolute atomic E-state index is 0.109. The van der Waals surface area contributed by atoms with E-state index >= 15 is 0 Å². The number of benzene rings is 1. The molecule has 0 heterocycles. The number of amides is 1. The molecule has 0 spiro atoms. The fraction of sp³-hybridized carbons (Fsp3) is 0.462. The molecule has 0 saturated carbocycles. The van der Waals surface area contributed by atoms with Gasteiger partial charge in [-0.1, -0.05) is 11.6 Å². The molecule has 0 atom stereocenters. The molecule has 18 heavy (non-hydrogen) atoms. The molecule has 0 aromatic heterocycles. The van der Waals surface area contributed by atoms with Gasteiger partial charge in [0.05, 0.1) is 17.7 Å². The fourth-order valence-corrected chi connectivity index (χ4v) is 2.12. The van der Waals surface area contributed by atoms with Crippen molar-refractivity contribution in [2.24, 2.45) is 0 Å². The number of nitrogens with one attached hydrogen (secondary N) is 1. The van der Waals surface area contributed by atoms with Gasteiger partial charge in [-0.3, -0.25) is 4.79 Å². The first kappa shape index (κ1) is 15.5. The standard InChI is InChI=1S/C13H17BrClNO2/c1-8-5-9(14)11(6-10(8)15)16-12(17)7-13(2,3)18-4/h5-6H,7H2,1-4H3,(H,16,17). The molecule has 1 aromatic carbocycles. The lowest BCUT2D eigenvalue weighted by atomic mass is 10.0. The van der Waals surface area contributed by atoms with Gasteiger partial charge in [0.25, 0.3) is 0 Å². The van der Waals surface area contributed by atoms with Crippen molar-refractivity contribution < 1.29 is 9.53 Å². The van der Waals surface area contributed by atoms with E-state index < -0.39 is 5.60 Å². The van der Waals surface area contributed by atoms with Gasteiger partial charge in [-0.2, -0.15) is 0 Å². The van der Waals surface area contributed by atoms with Crippen LogP contribution in [-0.4, -0.2) is 18.6 Å². The first-order chi connectivity index (χ1) is 8.25. The maximum Gasteiger partial charge on any atom is 0.227 e. The maximum atomic E-state index is 11.9. The van der Waals surface area contributed by atoms with Crippen molar-refractivity contribution in [2.75, 3.05) is 12.4 Å². The van der Waals surface area contributed by atoms with Crippen molar-refractivity contribution in [2.45, 2.75) is 32.8 Å². The topological polar surface area (TPSA) is 38.3 Å². The zero-order valence-electron chi connectivity index (χ0n) is 10.9. The Kier molecular flexibility index (Phi) is 5.20. The van der Waals surface area contributed by atoms with Crippen LogP contribution in [0.15, 0.2) is 16.6 Å². The normalized spacial score (nSPS) is 11.4. The Labute approximate surface area is 121 Å². The van der Waals surface area contributed by atoms with E-state index in [4.69, 9.17) is 16.3 Å². The van der Waals surface area contributed by atoms with Crippen LogP contribution in [0, 0.1) is 6.92 Å². The Morgan fingerprint density at radius 2 is 2.11 bits per heavy atom. The van der Waals surface area contributed by atoms with Gasteiger partial charge in [-0.25, -0.2) is 0 Å². The number of halogens is 2. The average molecular weight is 335 g/mol. The smallest absolute Gasteiger partial charge is 0.227 e. The van der Waals surface area contributed by atoms with E-state index in [0.717, 1.165) is 10.0 Å². The van der Waals surface area contributed by atoms with Crippen molar-refractivity contribution >= 4 is 39.1 Å². The maximum absolute atomic E-state index is 11.9. The van der Waals surface area contributed by atoms with Crippen molar-refractivity contribution in [1.29, 1.82) is 0 Å². The van der Waals surface area contributed by atoms with Gasteiger partial charge in [0.1, 0.15) is 0 Å². The van der Waals surface area contributed by atoms with Gasteiger partial charge in [0.2, 0.25) is 5.91 Å². The monoisotopic (exact) mass is 333 g/mol. The van der Waals surface area contributed by atoms with E-state index in [-0.39, 0.29) is 12.3 Å². The number of rotatable bonds is 4. The Morgan fingerprint density at radius 1 is 1.50 bits per heavy atom. The molecule has 1 N–H and O–H groups in total. The van der Waals surface area contributed by atoms with E-state index in [2.05, 4.69) is 21.2 Å². The predicted octanol–water partition coefficient (Wildman–Crippen LogP) is 4.16. The zero-order chi connectivity index (χ0) is 13.9. The molecule has 1 rings (SSSR count). The van der Waals surface area contributed by atoms with E-state index in [9.17, 15) is 4.79 Å². The second-order valence-electron chi connectivity index (χ2n) is 4.77. The van der Waals surface area contributed by atoms with Gasteiger partial charge in [0, 0.05) is 16.6 Å². The number of carbonyl (C=O) groups is 1. The van der Waals surface area contributed by atoms with Gasteiger partial charge in [0.15, 0.2) is 0 Å². The molecule has 0 unspecified atom stereocenters. The average Bonchev–Trinajstić information content (AvgIpc) is 2.25. The lowest BCUT2D eigenvalue weighted by Gasteiger charge is -2.22. The lowest BCUT2D eigenvalue weighted by Crippen LogP contribution is -2.29. The minimum atomic E-state index is -0.481. The first-order valence-corrected chi connectivity index (χ1v) is 6.73. The van der Waals surface area contributed by atoms with Gasteiger partial charge in [-0.15, -0.1) is 0 Å². The number of anilines is 1. The Balaban J connectivity index is 2.80. The van der Waals surface area contributed by atoms with Crippen molar-refractivity contribution in [3.63, 3.8) is 0 Å². The third-order valence-electron chi connectivity index (χ3n) is 2.66. The summed E-state index contributed by atoms with van der Waals surface area (Å²) < 4.78 is 6.03. The van der Waals surface area contributed by atoms with Crippen LogP contribution in [0.1, 0.15) is 25.8 Å². The van der Waals surface area contributed by atoms with Gasteiger partial charge in [-0.05, 0) is 54.4 Å². The predicted molar refractivity (Wildman–Crippen MR) is 78.2 cm³/mol. The van der Waals surface area contributed by atoms with Crippen LogP contribution in [0.3, 0.4) is 0 Å². The van der Waals surface area contributed by atoms with Gasteiger partial charge < -0.3 is 10.1 Å². The molecule has 0 aliphatic rings. The van der Waals surface area contributed by atoms with E-state index in [1.165, 1.54) is 0 Å². The summed E-state index contributed by atoms with van der Waals surface area (Å²) in [5, 5.41) is 3.44. The van der Waals surface area contributed by atoms with Crippen LogP contribution < -0.4 is 5.32 Å². The minimum Gasteiger partial charge on any atom is -0.378 e. The number of aryl methyl sites for hydroxylation is 1. The van der Waals surface area contributed by atoms with Crippen LogP contribution in [0.5, 0.6) is 0 Å². The Bertz CT molecular complexity index is 461. The van der Waals surface area contributed by atoms with E-state index in [1.807, 2.05) is 26.8 Å². The zero-order valence-corrected chi connectivity index (χ0v) is 13.3. The molecule has 0 aliphatic carbocycles. The SMILES string of the molecule is COC(C)(C)CC(=O)Nc1cc(Cl)c(C)cc1Br. The summed E-state index contributed by atoms with van der Waals surface area (Å²) >= 11 is 9.43. The van der Waals surface area contributed by atoms with Crippen molar-refractivity contribution in [3.8, 4) is 0 Å². The molecule has 1 amide bonds. The summed E-state index contributed by atoms with van der Waals surface area (Å²) in [5.41, 5.74) is 1.15. The number of hydrogen-bond donors (Lipinski definition) is 1. The number of carbonyl (C=O) groups excluding carboxylic acids is 1. The summed E-state index contributed by atoms with van der Waals surface area (Å²) in [6.45, 7) is 5.64. The molecule has 5 heteroatoms. The van der Waals surface area contributed by atoms with Crippen LogP contribution in [0.2, 0.25) is 5.02 Å². The van der Waals surface area contributed by atoms with Gasteiger partial charge >= 0.3 is 0 Å². The summed E-state index contributed by atoms with van der Waals surface area (Å²) in [5.74, 6) is -0.109. The second kappa shape index (κ2) is 6.04. The van der Waals surface area contributed by atoms with Crippen LogP contribution >= 0.6 is 27.5 Å². The fourth-order valence-electron chi connectivity index (χ4n) is 1.40. The van der Waals surface area contributed by atoms with Crippen molar-refractivity contribution in [1.82, 2.24) is 0 Å². The molecule has 0 aliphatic heterocycles. The molecule has 100 valence electrons. The third-order valence-corrected chi connectivity index (χ3v) is 3.72. The summed E-state index contributed by atoms with van der Waals surface area (Å²) in [6.07, 6.45) is 0.279. The summed E-state index contributed by atoms with van der Waals surface area (Å²) in [7, 11) is 1.59. The number of hydrogen-bond acceptors (Lipinski definition) is 2. The second-order valence-corrected chi connectivity index (χ2v) is 6.03. The van der Waals surface area contributed by atoms with Crippen LogP contribution in [0.4, 0.5) is 5.69 Å². The van der Waals surface area contributed by atoms with Crippen LogP contribution in [0.25, 0.3) is 0 Å². The first-order valence-electron chi connectivity index (χ1n) is 5.56. The molecule has 0 saturated heterocycles. The highest BCUT2D eigenvalue weighted by molar-refractivity contribution is 9.10. The number of methoxy groups -OCH3 is 1. The Hall–Kier alpha value is -0.580. The molecule has 0 fully saturated rings. The molecule has 0 bridgehead atoms. The highest BCUT2D eigenvalue weighted by Gasteiger charge is 2.21. The highest BCUT2D eigenvalue weighted by atomic mass is 79.9. The largest absolute Gasteiger partial charge is 0.378 e. The molecular weight excluding hydrogens is 318 g/mol.